The fourth-order valence-corrected chi connectivity index (χ4v) is 3.39. The monoisotopic (exact) mass is 365 g/mol. The molecule has 0 radical (unpaired) electrons. The van der Waals surface area contributed by atoms with Crippen molar-refractivity contribution >= 4 is 23.1 Å². The smallest absolute Gasteiger partial charge is 0.338 e. The Hall–Kier alpha value is -3.24. The Labute approximate surface area is 154 Å². The molecule has 0 saturated heterocycles. The van der Waals surface area contributed by atoms with Crippen molar-refractivity contribution in [2.75, 3.05) is 6.61 Å². The van der Waals surface area contributed by atoms with E-state index >= 15 is 0 Å². The number of carbonyl (C=O) groups is 2. The second-order valence-corrected chi connectivity index (χ2v) is 6.50. The first-order valence-corrected chi connectivity index (χ1v) is 8.68. The standard InChI is InChI=1S/C19H15N3O3S/c1-12-9-16(13(2)22(12)19-21-7-8-26-19)17(23)11-25-18(24)15-5-3-14(10-20)4-6-15/h3-9H,11H2,1-2H3. The molecule has 2 heterocycles. The summed E-state index contributed by atoms with van der Waals surface area (Å²) >= 11 is 1.48. The Kier molecular flexibility index (Phi) is 4.96. The van der Waals surface area contributed by atoms with Gasteiger partial charge in [0, 0.05) is 28.5 Å². The van der Waals surface area contributed by atoms with Gasteiger partial charge in [-0.1, -0.05) is 0 Å². The van der Waals surface area contributed by atoms with Gasteiger partial charge in [0.25, 0.3) is 0 Å². The molecule has 6 nitrogen and oxygen atoms in total. The van der Waals surface area contributed by atoms with Crippen LogP contribution < -0.4 is 0 Å². The molecule has 0 unspecified atom stereocenters. The lowest BCUT2D eigenvalue weighted by Gasteiger charge is -2.06. The summed E-state index contributed by atoms with van der Waals surface area (Å²) < 4.78 is 7.02. The van der Waals surface area contributed by atoms with E-state index in [1.807, 2.05) is 29.9 Å². The largest absolute Gasteiger partial charge is 0.454 e. The average Bonchev–Trinajstić information content (AvgIpc) is 3.27. The van der Waals surface area contributed by atoms with Gasteiger partial charge < -0.3 is 4.74 Å². The third-order valence-corrected chi connectivity index (χ3v) is 4.68. The van der Waals surface area contributed by atoms with E-state index in [0.717, 1.165) is 16.5 Å². The molecule has 0 aliphatic rings. The quantitative estimate of drug-likeness (QED) is 0.510. The maximum Gasteiger partial charge on any atom is 0.338 e. The van der Waals surface area contributed by atoms with E-state index in [4.69, 9.17) is 10.00 Å². The lowest BCUT2D eigenvalue weighted by molar-refractivity contribution is 0.0474. The van der Waals surface area contributed by atoms with Gasteiger partial charge in [-0.25, -0.2) is 9.78 Å². The van der Waals surface area contributed by atoms with Crippen molar-refractivity contribution in [2.24, 2.45) is 0 Å². The predicted octanol–water partition coefficient (Wildman–Crippen LogP) is 3.46. The maximum atomic E-state index is 12.5. The van der Waals surface area contributed by atoms with Crippen LogP contribution in [-0.2, 0) is 4.74 Å². The number of thiazole rings is 1. The van der Waals surface area contributed by atoms with Crippen LogP contribution in [-0.4, -0.2) is 27.9 Å². The number of nitrogens with zero attached hydrogens (tertiary/aromatic N) is 3. The SMILES string of the molecule is Cc1cc(C(=O)COC(=O)c2ccc(C#N)cc2)c(C)n1-c1nccs1. The Morgan fingerprint density at radius 2 is 2.00 bits per heavy atom. The molecule has 1 aromatic carbocycles. The normalized spacial score (nSPS) is 10.3. The Balaban J connectivity index is 1.71. The van der Waals surface area contributed by atoms with Crippen LogP contribution in [0.1, 0.15) is 37.7 Å². The van der Waals surface area contributed by atoms with Crippen LogP contribution in [0.5, 0.6) is 0 Å². The lowest BCUT2D eigenvalue weighted by atomic mass is 10.1. The molecule has 130 valence electrons. The van der Waals surface area contributed by atoms with E-state index in [9.17, 15) is 9.59 Å². The van der Waals surface area contributed by atoms with E-state index < -0.39 is 5.97 Å². The second-order valence-electron chi connectivity index (χ2n) is 5.62. The van der Waals surface area contributed by atoms with Crippen molar-refractivity contribution in [3.8, 4) is 11.2 Å². The zero-order chi connectivity index (χ0) is 18.7. The highest BCUT2D eigenvalue weighted by Crippen LogP contribution is 2.22. The topological polar surface area (TPSA) is 85.0 Å². The van der Waals surface area contributed by atoms with Gasteiger partial charge in [0.1, 0.15) is 0 Å². The first-order chi connectivity index (χ1) is 12.5. The highest BCUT2D eigenvalue weighted by Gasteiger charge is 2.19. The molecule has 0 atom stereocenters. The van der Waals surface area contributed by atoms with E-state index in [2.05, 4.69) is 4.98 Å². The number of nitriles is 1. The van der Waals surface area contributed by atoms with Gasteiger partial charge in [0.2, 0.25) is 5.78 Å². The van der Waals surface area contributed by atoms with Gasteiger partial charge in [0.15, 0.2) is 11.7 Å². The van der Waals surface area contributed by atoms with Crippen molar-refractivity contribution in [3.63, 3.8) is 0 Å². The number of hydrogen-bond acceptors (Lipinski definition) is 6. The average molecular weight is 365 g/mol. The first-order valence-electron chi connectivity index (χ1n) is 7.80. The maximum absolute atomic E-state index is 12.5. The fourth-order valence-electron chi connectivity index (χ4n) is 2.64. The minimum absolute atomic E-state index is 0.275. The van der Waals surface area contributed by atoms with Crippen LogP contribution in [0.25, 0.3) is 5.13 Å². The predicted molar refractivity (Wildman–Crippen MR) is 96.7 cm³/mol. The van der Waals surface area contributed by atoms with Crippen LogP contribution in [0.3, 0.4) is 0 Å². The van der Waals surface area contributed by atoms with Crippen LogP contribution >= 0.6 is 11.3 Å². The number of ether oxygens (including phenoxy) is 1. The molecule has 0 bridgehead atoms. The number of benzene rings is 1. The highest BCUT2D eigenvalue weighted by molar-refractivity contribution is 7.12. The summed E-state index contributed by atoms with van der Waals surface area (Å²) in [5.41, 5.74) is 2.90. The number of hydrogen-bond donors (Lipinski definition) is 0. The number of aryl methyl sites for hydroxylation is 1. The Morgan fingerprint density at radius 1 is 1.27 bits per heavy atom. The van der Waals surface area contributed by atoms with Gasteiger partial charge >= 0.3 is 5.97 Å². The molecule has 3 rings (SSSR count). The van der Waals surface area contributed by atoms with Gasteiger partial charge in [-0.2, -0.15) is 5.26 Å². The second kappa shape index (κ2) is 7.33. The Morgan fingerprint density at radius 3 is 2.62 bits per heavy atom. The van der Waals surface area contributed by atoms with Crippen molar-refractivity contribution in [1.29, 1.82) is 5.26 Å². The third kappa shape index (κ3) is 3.41. The number of esters is 1. The van der Waals surface area contributed by atoms with Crippen LogP contribution in [0.15, 0.2) is 41.9 Å². The molecule has 0 amide bonds. The molecular formula is C19H15N3O3S. The summed E-state index contributed by atoms with van der Waals surface area (Å²) in [6.45, 7) is 3.39. The lowest BCUT2D eigenvalue weighted by Crippen LogP contribution is -2.15. The molecular weight excluding hydrogens is 350 g/mol. The highest BCUT2D eigenvalue weighted by atomic mass is 32.1. The van der Waals surface area contributed by atoms with E-state index in [1.54, 1.807) is 12.3 Å². The zero-order valence-electron chi connectivity index (χ0n) is 14.2. The number of Topliss-reactive ketones (excluding diaryl/α,β-unsaturated/α-hetero) is 1. The Bertz CT molecular complexity index is 996. The summed E-state index contributed by atoms with van der Waals surface area (Å²) in [7, 11) is 0. The summed E-state index contributed by atoms with van der Waals surface area (Å²) in [6.07, 6.45) is 1.71. The summed E-state index contributed by atoms with van der Waals surface area (Å²) in [6, 6.07) is 9.80. The molecule has 0 spiro atoms. The summed E-state index contributed by atoms with van der Waals surface area (Å²) in [4.78, 5) is 28.8. The molecule has 3 aromatic rings. The van der Waals surface area contributed by atoms with E-state index in [-0.39, 0.29) is 12.4 Å². The molecule has 0 N–H and O–H groups in total. The van der Waals surface area contributed by atoms with Crippen molar-refractivity contribution < 1.29 is 14.3 Å². The third-order valence-electron chi connectivity index (χ3n) is 3.93. The molecule has 2 aromatic heterocycles. The molecule has 0 fully saturated rings. The van der Waals surface area contributed by atoms with Crippen molar-refractivity contribution in [2.45, 2.75) is 13.8 Å². The zero-order valence-corrected chi connectivity index (χ0v) is 15.0. The van der Waals surface area contributed by atoms with Gasteiger partial charge in [-0.15, -0.1) is 11.3 Å². The van der Waals surface area contributed by atoms with Crippen LogP contribution in [0, 0.1) is 25.2 Å². The van der Waals surface area contributed by atoms with Gasteiger partial charge in [-0.3, -0.25) is 9.36 Å². The van der Waals surface area contributed by atoms with Crippen molar-refractivity contribution in [1.82, 2.24) is 9.55 Å². The molecule has 0 aliphatic carbocycles. The van der Waals surface area contributed by atoms with E-state index in [1.165, 1.54) is 35.6 Å². The number of carbonyl (C=O) groups excluding carboxylic acids is 2. The van der Waals surface area contributed by atoms with Gasteiger partial charge in [0.05, 0.1) is 17.2 Å². The summed E-state index contributed by atoms with van der Waals surface area (Å²) in [5.74, 6) is -0.875. The number of aromatic nitrogens is 2. The number of rotatable bonds is 5. The molecule has 0 saturated carbocycles. The van der Waals surface area contributed by atoms with Crippen LogP contribution in [0.4, 0.5) is 0 Å². The number of ketones is 1. The molecule has 7 heteroatoms. The van der Waals surface area contributed by atoms with Gasteiger partial charge in [-0.05, 0) is 44.2 Å². The fraction of sp³-hybridized carbons (Fsp3) is 0.158. The van der Waals surface area contributed by atoms with Crippen LogP contribution in [0.2, 0.25) is 0 Å². The van der Waals surface area contributed by atoms with Crippen molar-refractivity contribution in [3.05, 3.63) is 70.0 Å². The molecule has 0 aliphatic heterocycles. The minimum Gasteiger partial charge on any atom is -0.454 e. The first kappa shape index (κ1) is 17.6. The van der Waals surface area contributed by atoms with E-state index in [0.29, 0.717) is 16.7 Å². The summed E-state index contributed by atoms with van der Waals surface area (Å²) in [5, 5.41) is 11.4. The molecule has 26 heavy (non-hydrogen) atoms. The minimum atomic E-state index is -0.600.